The minimum absolute atomic E-state index is 0.0147. The largest absolute Gasteiger partial charge is 0.355 e. The number of piperidine rings is 1. The summed E-state index contributed by atoms with van der Waals surface area (Å²) >= 11 is 12.2. The van der Waals surface area contributed by atoms with Gasteiger partial charge in [-0.15, -0.1) is 0 Å². The number of carbonyl (C=O) groups excluding carboxylic acids is 3. The molecule has 174 valence electrons. The molecule has 2 fully saturated rings. The van der Waals surface area contributed by atoms with Gasteiger partial charge in [-0.3, -0.25) is 14.4 Å². The Morgan fingerprint density at radius 2 is 1.76 bits per heavy atom. The fraction of sp³-hybridized carbons (Fsp3) is 0.375. The molecule has 0 atom stereocenters. The van der Waals surface area contributed by atoms with Gasteiger partial charge in [0.05, 0.1) is 17.3 Å². The number of para-hydroxylation sites is 1. The third-order valence-corrected chi connectivity index (χ3v) is 6.88. The van der Waals surface area contributed by atoms with Gasteiger partial charge in [-0.25, -0.2) is 0 Å². The number of hydrogen-bond acceptors (Lipinski definition) is 4. The molecule has 0 aliphatic carbocycles. The normalized spacial score (nSPS) is 17.5. The number of likely N-dealkylation sites (N-methyl/N-ethyl adjacent to an activating group) is 1. The molecule has 1 spiro atoms. The molecule has 2 aliphatic rings. The maximum absolute atomic E-state index is 13.6. The number of likely N-dealkylation sites (tertiary alicyclic amines) is 1. The van der Waals surface area contributed by atoms with Gasteiger partial charge in [0.25, 0.3) is 11.8 Å². The van der Waals surface area contributed by atoms with E-state index in [4.69, 9.17) is 23.2 Å². The molecule has 0 bridgehead atoms. The molecule has 2 aromatic carbocycles. The highest BCUT2D eigenvalue weighted by atomic mass is 35.5. The van der Waals surface area contributed by atoms with Gasteiger partial charge in [0.2, 0.25) is 5.91 Å². The van der Waals surface area contributed by atoms with Crippen LogP contribution in [0, 0.1) is 0 Å². The first-order valence-electron chi connectivity index (χ1n) is 11.0. The van der Waals surface area contributed by atoms with E-state index in [1.54, 1.807) is 28.0 Å². The van der Waals surface area contributed by atoms with Crippen LogP contribution < -0.4 is 10.2 Å². The Morgan fingerprint density at radius 1 is 1.06 bits per heavy atom. The Balaban J connectivity index is 1.56. The molecular weight excluding hydrogens is 463 g/mol. The van der Waals surface area contributed by atoms with Crippen LogP contribution in [0.1, 0.15) is 30.1 Å². The lowest BCUT2D eigenvalue weighted by Gasteiger charge is -2.43. The summed E-state index contributed by atoms with van der Waals surface area (Å²) in [6.07, 6.45) is 0.924. The quantitative estimate of drug-likeness (QED) is 0.699. The minimum atomic E-state index is -0.797. The van der Waals surface area contributed by atoms with Gasteiger partial charge in [-0.05, 0) is 50.1 Å². The van der Waals surface area contributed by atoms with Gasteiger partial charge in [-0.1, -0.05) is 41.4 Å². The van der Waals surface area contributed by atoms with Crippen LogP contribution in [-0.4, -0.2) is 65.9 Å². The highest BCUT2D eigenvalue weighted by molar-refractivity contribution is 6.36. The van der Waals surface area contributed by atoms with Crippen molar-refractivity contribution >= 4 is 46.6 Å². The Bertz CT molecular complexity index is 1050. The lowest BCUT2D eigenvalue weighted by atomic mass is 9.85. The average molecular weight is 489 g/mol. The average Bonchev–Trinajstić information content (AvgIpc) is 3.06. The van der Waals surface area contributed by atoms with Crippen LogP contribution in [0.5, 0.6) is 0 Å². The molecular formula is C24H26Cl2N4O3. The Morgan fingerprint density at radius 3 is 2.39 bits per heavy atom. The first kappa shape index (κ1) is 23.4. The van der Waals surface area contributed by atoms with Crippen LogP contribution in [0.25, 0.3) is 0 Å². The fourth-order valence-electron chi connectivity index (χ4n) is 4.66. The smallest absolute Gasteiger partial charge is 0.255 e. The van der Waals surface area contributed by atoms with E-state index in [9.17, 15) is 14.4 Å². The second-order valence-corrected chi connectivity index (χ2v) is 9.15. The van der Waals surface area contributed by atoms with Crippen molar-refractivity contribution in [2.24, 2.45) is 0 Å². The third kappa shape index (κ3) is 4.52. The summed E-state index contributed by atoms with van der Waals surface area (Å²) in [5, 5.41) is 3.54. The van der Waals surface area contributed by atoms with Gasteiger partial charge in [0, 0.05) is 30.3 Å². The Hall–Kier alpha value is -2.77. The molecule has 33 heavy (non-hydrogen) atoms. The monoisotopic (exact) mass is 488 g/mol. The molecule has 2 saturated heterocycles. The number of halogens is 2. The highest BCUT2D eigenvalue weighted by Gasteiger charge is 2.54. The summed E-state index contributed by atoms with van der Waals surface area (Å²) in [7, 11) is 0. The molecule has 0 aromatic heterocycles. The number of benzene rings is 2. The van der Waals surface area contributed by atoms with Crippen LogP contribution in [0.3, 0.4) is 0 Å². The van der Waals surface area contributed by atoms with Crippen molar-refractivity contribution in [3.05, 3.63) is 64.1 Å². The number of hydrogen-bond donors (Lipinski definition) is 1. The summed E-state index contributed by atoms with van der Waals surface area (Å²) in [4.78, 5) is 44.3. The van der Waals surface area contributed by atoms with E-state index in [-0.39, 0.29) is 24.3 Å². The molecule has 9 heteroatoms. The Labute approximate surface area is 203 Å². The van der Waals surface area contributed by atoms with E-state index in [1.807, 2.05) is 37.3 Å². The van der Waals surface area contributed by atoms with E-state index >= 15 is 0 Å². The van der Waals surface area contributed by atoms with E-state index in [0.29, 0.717) is 54.8 Å². The van der Waals surface area contributed by atoms with Gasteiger partial charge < -0.3 is 20.0 Å². The number of amides is 3. The van der Waals surface area contributed by atoms with Crippen LogP contribution in [0.4, 0.5) is 5.69 Å². The maximum Gasteiger partial charge on any atom is 0.255 e. The molecule has 2 aliphatic heterocycles. The van der Waals surface area contributed by atoms with Gasteiger partial charge >= 0.3 is 0 Å². The third-order valence-electron chi connectivity index (χ3n) is 6.33. The summed E-state index contributed by atoms with van der Waals surface area (Å²) in [6.45, 7) is 3.52. The van der Waals surface area contributed by atoms with Gasteiger partial charge in [0.15, 0.2) is 0 Å². The molecule has 2 aromatic rings. The van der Waals surface area contributed by atoms with Gasteiger partial charge in [-0.2, -0.15) is 0 Å². The van der Waals surface area contributed by atoms with Crippen LogP contribution in [0.15, 0.2) is 48.5 Å². The zero-order valence-electron chi connectivity index (χ0n) is 18.4. The van der Waals surface area contributed by atoms with Crippen molar-refractivity contribution in [2.75, 3.05) is 37.7 Å². The van der Waals surface area contributed by atoms with Crippen molar-refractivity contribution < 1.29 is 14.4 Å². The molecule has 0 unspecified atom stereocenters. The SMILES string of the molecule is CCNC(=O)CN1CN(c2ccccc2)C2(CCN(C(=O)c3ccc(Cl)cc3Cl)CC2)C1=O. The van der Waals surface area contributed by atoms with Gasteiger partial charge in [0.1, 0.15) is 12.1 Å². The molecule has 3 amide bonds. The van der Waals surface area contributed by atoms with Crippen LogP contribution in [0.2, 0.25) is 10.0 Å². The fourth-order valence-corrected chi connectivity index (χ4v) is 5.15. The predicted molar refractivity (Wildman–Crippen MR) is 129 cm³/mol. The standard InChI is InChI=1S/C24H26Cl2N4O3/c1-2-27-21(31)15-29-16-30(18-6-4-3-5-7-18)24(23(29)33)10-12-28(13-11-24)22(32)19-9-8-17(25)14-20(19)26/h3-9,14H,2,10-13,15-16H2,1H3,(H,27,31). The zero-order valence-corrected chi connectivity index (χ0v) is 19.9. The Kier molecular flexibility index (Phi) is 6.81. The number of nitrogens with one attached hydrogen (secondary N) is 1. The lowest BCUT2D eigenvalue weighted by Crippen LogP contribution is -2.57. The summed E-state index contributed by atoms with van der Waals surface area (Å²) in [5.41, 5.74) is 0.520. The van der Waals surface area contributed by atoms with Crippen molar-refractivity contribution in [2.45, 2.75) is 25.3 Å². The highest BCUT2D eigenvalue weighted by Crippen LogP contribution is 2.40. The van der Waals surface area contributed by atoms with Crippen molar-refractivity contribution in [3.63, 3.8) is 0 Å². The number of rotatable bonds is 5. The topological polar surface area (TPSA) is 73.0 Å². The number of nitrogens with zero attached hydrogens (tertiary/aromatic N) is 3. The molecule has 0 radical (unpaired) electrons. The zero-order chi connectivity index (χ0) is 23.6. The van der Waals surface area contributed by atoms with E-state index in [0.717, 1.165) is 5.69 Å². The molecule has 4 rings (SSSR count). The second-order valence-electron chi connectivity index (χ2n) is 8.31. The summed E-state index contributed by atoms with van der Waals surface area (Å²) < 4.78 is 0. The molecule has 2 heterocycles. The second kappa shape index (κ2) is 9.61. The summed E-state index contributed by atoms with van der Waals surface area (Å²) in [5.74, 6) is -0.433. The molecule has 1 N–H and O–H groups in total. The van der Waals surface area contributed by atoms with Crippen LogP contribution >= 0.6 is 23.2 Å². The molecule has 7 nitrogen and oxygen atoms in total. The number of carbonyl (C=O) groups is 3. The first-order valence-corrected chi connectivity index (χ1v) is 11.7. The van der Waals surface area contributed by atoms with Crippen molar-refractivity contribution in [3.8, 4) is 0 Å². The molecule has 0 saturated carbocycles. The van der Waals surface area contributed by atoms with Crippen LogP contribution in [-0.2, 0) is 9.59 Å². The maximum atomic E-state index is 13.6. The van der Waals surface area contributed by atoms with Crippen molar-refractivity contribution in [1.82, 2.24) is 15.1 Å². The number of anilines is 1. The van der Waals surface area contributed by atoms with E-state index < -0.39 is 5.54 Å². The first-order chi connectivity index (χ1) is 15.9. The van der Waals surface area contributed by atoms with E-state index in [1.165, 1.54) is 0 Å². The van der Waals surface area contributed by atoms with E-state index in [2.05, 4.69) is 10.2 Å². The minimum Gasteiger partial charge on any atom is -0.355 e. The van der Waals surface area contributed by atoms with Crippen molar-refractivity contribution in [1.29, 1.82) is 0 Å². The predicted octanol–water partition coefficient (Wildman–Crippen LogP) is 3.41. The lowest BCUT2D eigenvalue weighted by molar-refractivity contribution is -0.137. The summed E-state index contributed by atoms with van der Waals surface area (Å²) in [6, 6.07) is 14.6.